The first-order valence-electron chi connectivity index (χ1n) is 12.3. The molecule has 1 aromatic heterocycles. The zero-order valence-corrected chi connectivity index (χ0v) is 19.7. The van der Waals surface area contributed by atoms with E-state index in [1.807, 2.05) is 41.4 Å². The average Bonchev–Trinajstić information content (AvgIpc) is 2.87. The maximum absolute atomic E-state index is 12.6. The predicted octanol–water partition coefficient (Wildman–Crippen LogP) is 3.70. The van der Waals surface area contributed by atoms with Gasteiger partial charge in [-0.1, -0.05) is 19.4 Å². The maximum atomic E-state index is 12.6. The number of hydrogen-bond donors (Lipinski definition) is 1. The fourth-order valence-electron chi connectivity index (χ4n) is 4.34. The number of pyridine rings is 1. The predicted molar refractivity (Wildman–Crippen MR) is 129 cm³/mol. The van der Waals surface area contributed by atoms with Gasteiger partial charge in [-0.2, -0.15) is 0 Å². The van der Waals surface area contributed by atoms with Crippen molar-refractivity contribution < 1.29 is 14.3 Å². The van der Waals surface area contributed by atoms with Crippen molar-refractivity contribution >= 4 is 5.91 Å². The molecule has 4 rings (SSSR count). The molecule has 0 bridgehead atoms. The molecule has 2 aliphatic heterocycles. The number of morpholine rings is 1. The van der Waals surface area contributed by atoms with Crippen LogP contribution in [0.4, 0.5) is 0 Å². The van der Waals surface area contributed by atoms with Crippen LogP contribution in [0.3, 0.4) is 0 Å². The van der Waals surface area contributed by atoms with Gasteiger partial charge in [-0.15, -0.1) is 0 Å². The van der Waals surface area contributed by atoms with Crippen LogP contribution in [0.15, 0.2) is 42.6 Å². The number of nitrogens with one attached hydrogen (secondary N) is 1. The van der Waals surface area contributed by atoms with Crippen LogP contribution < -0.4 is 10.1 Å². The van der Waals surface area contributed by atoms with Crippen LogP contribution in [-0.2, 0) is 11.3 Å². The summed E-state index contributed by atoms with van der Waals surface area (Å²) >= 11 is 0. The Balaban J connectivity index is 1.23. The van der Waals surface area contributed by atoms with E-state index in [1.54, 1.807) is 0 Å². The number of unbranched alkanes of at least 4 members (excludes halogenated alkanes) is 1. The van der Waals surface area contributed by atoms with E-state index in [0.29, 0.717) is 49.5 Å². The number of nitrogens with zero attached hydrogens (tertiary/aromatic N) is 3. The van der Waals surface area contributed by atoms with E-state index in [4.69, 9.17) is 9.47 Å². The molecule has 1 N–H and O–H groups in total. The zero-order chi connectivity index (χ0) is 22.9. The number of benzene rings is 1. The molecule has 0 unspecified atom stereocenters. The topological polar surface area (TPSA) is 66.9 Å². The lowest BCUT2D eigenvalue weighted by Gasteiger charge is -2.32. The van der Waals surface area contributed by atoms with Gasteiger partial charge in [0.25, 0.3) is 5.91 Å². The van der Waals surface area contributed by atoms with Gasteiger partial charge in [0.2, 0.25) is 5.88 Å². The Morgan fingerprint density at radius 3 is 2.52 bits per heavy atom. The van der Waals surface area contributed by atoms with Crippen molar-refractivity contribution in [2.75, 3.05) is 45.9 Å². The first-order valence-corrected chi connectivity index (χ1v) is 12.3. The van der Waals surface area contributed by atoms with Crippen LogP contribution in [0.1, 0.15) is 48.5 Å². The zero-order valence-electron chi connectivity index (χ0n) is 19.7. The monoisotopic (exact) mass is 452 g/mol. The first kappa shape index (κ1) is 23.7. The summed E-state index contributed by atoms with van der Waals surface area (Å²) in [6.07, 6.45) is 6.83. The molecular formula is C26H36N4O3. The molecule has 2 fully saturated rings. The fourth-order valence-corrected chi connectivity index (χ4v) is 4.34. The maximum Gasteiger partial charge on any atom is 0.254 e. The van der Waals surface area contributed by atoms with Gasteiger partial charge < -0.3 is 19.7 Å². The van der Waals surface area contributed by atoms with Crippen molar-refractivity contribution in [1.29, 1.82) is 0 Å². The second kappa shape index (κ2) is 12.1. The Morgan fingerprint density at radius 1 is 1.09 bits per heavy atom. The standard InChI is InChI=1S/C26H36N4O3/c1-2-3-12-27-23-10-13-29(14-11-23)20-21-4-9-25(28-19-21)33-24-7-5-22(6-8-24)26(31)30-15-17-32-18-16-30/h4-9,19,23,27H,2-3,10-18,20H2,1H3. The third-order valence-corrected chi connectivity index (χ3v) is 6.38. The number of amides is 1. The summed E-state index contributed by atoms with van der Waals surface area (Å²) in [6.45, 7) is 9.02. The van der Waals surface area contributed by atoms with Crippen molar-refractivity contribution in [3.05, 3.63) is 53.7 Å². The molecule has 7 nitrogen and oxygen atoms in total. The Hall–Kier alpha value is -2.48. The molecule has 0 aliphatic carbocycles. The quantitative estimate of drug-likeness (QED) is 0.585. The SMILES string of the molecule is CCCCNC1CCN(Cc2ccc(Oc3ccc(C(=O)N4CCOCC4)cc3)nc2)CC1. The number of hydrogen-bond acceptors (Lipinski definition) is 6. The molecule has 2 aliphatic rings. The van der Waals surface area contributed by atoms with E-state index in [9.17, 15) is 4.79 Å². The highest BCUT2D eigenvalue weighted by Crippen LogP contribution is 2.21. The van der Waals surface area contributed by atoms with Crippen LogP contribution in [-0.4, -0.2) is 72.7 Å². The molecule has 3 heterocycles. The van der Waals surface area contributed by atoms with E-state index in [2.05, 4.69) is 28.2 Å². The largest absolute Gasteiger partial charge is 0.439 e. The lowest BCUT2D eigenvalue weighted by Crippen LogP contribution is -2.42. The number of rotatable bonds is 9. The van der Waals surface area contributed by atoms with Crippen LogP contribution >= 0.6 is 0 Å². The number of carbonyl (C=O) groups is 1. The van der Waals surface area contributed by atoms with Gasteiger partial charge in [0.05, 0.1) is 13.2 Å². The van der Waals surface area contributed by atoms with Crippen LogP contribution in [0.25, 0.3) is 0 Å². The number of piperidine rings is 1. The minimum Gasteiger partial charge on any atom is -0.439 e. The van der Waals surface area contributed by atoms with E-state index in [1.165, 1.54) is 31.2 Å². The minimum atomic E-state index is 0.0353. The molecule has 33 heavy (non-hydrogen) atoms. The lowest BCUT2D eigenvalue weighted by molar-refractivity contribution is 0.0303. The third kappa shape index (κ3) is 7.00. The summed E-state index contributed by atoms with van der Waals surface area (Å²) in [4.78, 5) is 21.4. The van der Waals surface area contributed by atoms with Crippen molar-refractivity contribution in [2.24, 2.45) is 0 Å². The van der Waals surface area contributed by atoms with Gasteiger partial charge in [-0.25, -0.2) is 4.98 Å². The van der Waals surface area contributed by atoms with Gasteiger partial charge >= 0.3 is 0 Å². The molecule has 7 heteroatoms. The molecule has 2 aromatic rings. The molecule has 0 saturated carbocycles. The molecule has 1 amide bonds. The molecule has 0 atom stereocenters. The van der Waals surface area contributed by atoms with Crippen LogP contribution in [0.2, 0.25) is 0 Å². The Kier molecular flexibility index (Phi) is 8.69. The Bertz CT molecular complexity index is 858. The first-order chi connectivity index (χ1) is 16.2. The summed E-state index contributed by atoms with van der Waals surface area (Å²) in [5.74, 6) is 1.27. The summed E-state index contributed by atoms with van der Waals surface area (Å²) in [7, 11) is 0. The summed E-state index contributed by atoms with van der Waals surface area (Å²) < 4.78 is 11.2. The second-order valence-corrected chi connectivity index (χ2v) is 8.89. The van der Waals surface area contributed by atoms with E-state index < -0.39 is 0 Å². The Labute approximate surface area is 197 Å². The molecule has 1 aromatic carbocycles. The Morgan fingerprint density at radius 2 is 1.85 bits per heavy atom. The highest BCUT2D eigenvalue weighted by atomic mass is 16.5. The molecule has 2 saturated heterocycles. The minimum absolute atomic E-state index is 0.0353. The fraction of sp³-hybridized carbons (Fsp3) is 0.538. The average molecular weight is 453 g/mol. The third-order valence-electron chi connectivity index (χ3n) is 6.38. The molecular weight excluding hydrogens is 416 g/mol. The van der Waals surface area contributed by atoms with Gasteiger partial charge in [0.1, 0.15) is 5.75 Å². The van der Waals surface area contributed by atoms with Crippen molar-refractivity contribution in [3.63, 3.8) is 0 Å². The van der Waals surface area contributed by atoms with Gasteiger partial charge in [-0.05, 0) is 68.7 Å². The van der Waals surface area contributed by atoms with Crippen molar-refractivity contribution in [1.82, 2.24) is 20.1 Å². The van der Waals surface area contributed by atoms with Gasteiger partial charge in [0.15, 0.2) is 0 Å². The smallest absolute Gasteiger partial charge is 0.254 e. The normalized spacial score (nSPS) is 17.8. The number of carbonyl (C=O) groups excluding carboxylic acids is 1. The highest BCUT2D eigenvalue weighted by molar-refractivity contribution is 5.94. The van der Waals surface area contributed by atoms with E-state index in [0.717, 1.165) is 26.2 Å². The molecule has 0 radical (unpaired) electrons. The summed E-state index contributed by atoms with van der Waals surface area (Å²) in [5.41, 5.74) is 1.86. The van der Waals surface area contributed by atoms with Crippen molar-refractivity contribution in [3.8, 4) is 11.6 Å². The lowest BCUT2D eigenvalue weighted by atomic mass is 10.0. The summed E-state index contributed by atoms with van der Waals surface area (Å²) in [5, 5.41) is 3.68. The van der Waals surface area contributed by atoms with Crippen LogP contribution in [0, 0.1) is 0 Å². The number of aromatic nitrogens is 1. The van der Waals surface area contributed by atoms with Crippen molar-refractivity contribution in [2.45, 2.75) is 45.2 Å². The van der Waals surface area contributed by atoms with E-state index in [-0.39, 0.29) is 5.91 Å². The van der Waals surface area contributed by atoms with Gasteiger partial charge in [0, 0.05) is 43.5 Å². The molecule has 0 spiro atoms. The van der Waals surface area contributed by atoms with Gasteiger partial charge in [-0.3, -0.25) is 9.69 Å². The second-order valence-electron chi connectivity index (χ2n) is 8.89. The number of ether oxygens (including phenoxy) is 2. The van der Waals surface area contributed by atoms with Crippen LogP contribution in [0.5, 0.6) is 11.6 Å². The molecule has 178 valence electrons. The van der Waals surface area contributed by atoms with E-state index >= 15 is 0 Å². The number of likely N-dealkylation sites (tertiary alicyclic amines) is 1. The summed E-state index contributed by atoms with van der Waals surface area (Å²) in [6, 6.07) is 11.9. The highest BCUT2D eigenvalue weighted by Gasteiger charge is 2.19.